The topological polar surface area (TPSA) is 30.5 Å². The van der Waals surface area contributed by atoms with E-state index in [1.54, 1.807) is 7.11 Å². The highest BCUT2D eigenvalue weighted by atomic mass is 79.9. The molecule has 0 bridgehead atoms. The largest absolute Gasteiger partial charge is 0.493 e. The van der Waals surface area contributed by atoms with Gasteiger partial charge in [-0.05, 0) is 64.7 Å². The highest BCUT2D eigenvalue weighted by Gasteiger charge is 2.12. The quantitative estimate of drug-likeness (QED) is 0.483. The molecule has 0 aliphatic rings. The van der Waals surface area contributed by atoms with Crippen molar-refractivity contribution in [3.05, 3.63) is 87.4 Å². The number of benzene rings is 3. The summed E-state index contributed by atoms with van der Waals surface area (Å²) in [6, 6.07) is 20.6. The van der Waals surface area contributed by atoms with Crippen LogP contribution in [0.15, 0.2) is 65.1 Å². The van der Waals surface area contributed by atoms with Crippen LogP contribution < -0.4 is 14.8 Å². The number of aryl methyl sites for hydroxylation is 2. The number of hydrogen-bond donors (Lipinski definition) is 1. The highest BCUT2D eigenvalue weighted by Crippen LogP contribution is 2.37. The molecule has 0 unspecified atom stereocenters. The van der Waals surface area contributed by atoms with Crippen LogP contribution in [0, 0.1) is 13.8 Å². The Balaban J connectivity index is 1.73. The molecule has 27 heavy (non-hydrogen) atoms. The van der Waals surface area contributed by atoms with Crippen molar-refractivity contribution in [3.8, 4) is 11.5 Å². The van der Waals surface area contributed by atoms with Crippen LogP contribution in [0.1, 0.15) is 22.3 Å². The van der Waals surface area contributed by atoms with Crippen LogP contribution in [0.25, 0.3) is 0 Å². The van der Waals surface area contributed by atoms with Gasteiger partial charge in [-0.25, -0.2) is 0 Å². The van der Waals surface area contributed by atoms with Crippen LogP contribution in [-0.2, 0) is 13.2 Å². The Morgan fingerprint density at radius 2 is 1.70 bits per heavy atom. The van der Waals surface area contributed by atoms with E-state index in [4.69, 9.17) is 9.47 Å². The van der Waals surface area contributed by atoms with Gasteiger partial charge in [0, 0.05) is 12.2 Å². The molecule has 4 heteroatoms. The van der Waals surface area contributed by atoms with Crippen LogP contribution in [0.3, 0.4) is 0 Å². The molecule has 0 saturated heterocycles. The molecule has 1 N–H and O–H groups in total. The highest BCUT2D eigenvalue weighted by molar-refractivity contribution is 9.10. The zero-order valence-corrected chi connectivity index (χ0v) is 17.5. The maximum absolute atomic E-state index is 6.00. The molecule has 0 aliphatic carbocycles. The van der Waals surface area contributed by atoms with Crippen LogP contribution in [0.5, 0.6) is 11.5 Å². The Kier molecular flexibility index (Phi) is 6.40. The van der Waals surface area contributed by atoms with Crippen LogP contribution in [0.4, 0.5) is 5.69 Å². The van der Waals surface area contributed by atoms with Crippen molar-refractivity contribution in [1.29, 1.82) is 0 Å². The van der Waals surface area contributed by atoms with Gasteiger partial charge in [0.1, 0.15) is 6.61 Å². The number of anilines is 1. The summed E-state index contributed by atoms with van der Waals surface area (Å²) in [6.07, 6.45) is 0. The summed E-state index contributed by atoms with van der Waals surface area (Å²) in [6.45, 7) is 5.42. The minimum absolute atomic E-state index is 0.496. The molecule has 3 nitrogen and oxygen atoms in total. The second-order valence-corrected chi connectivity index (χ2v) is 7.41. The molecule has 3 aromatic carbocycles. The van der Waals surface area contributed by atoms with Crippen molar-refractivity contribution in [1.82, 2.24) is 0 Å². The molecular weight excluding hydrogens is 402 g/mol. The maximum Gasteiger partial charge on any atom is 0.175 e. The fraction of sp³-hybridized carbons (Fsp3) is 0.217. The maximum atomic E-state index is 6.00. The van der Waals surface area contributed by atoms with Gasteiger partial charge in [0.2, 0.25) is 0 Å². The molecule has 0 atom stereocenters. The summed E-state index contributed by atoms with van der Waals surface area (Å²) in [5.41, 5.74) is 5.88. The fourth-order valence-electron chi connectivity index (χ4n) is 2.95. The lowest BCUT2D eigenvalue weighted by Crippen LogP contribution is -2.03. The molecular formula is C23H24BrNO2. The Hall–Kier alpha value is -2.46. The first-order chi connectivity index (χ1) is 13.1. The SMILES string of the molecule is COc1cc(CNc2ccc(C)cc2C)cc(Br)c1OCc1ccccc1. The average Bonchev–Trinajstić information content (AvgIpc) is 2.67. The van der Waals surface area contributed by atoms with Gasteiger partial charge in [0.05, 0.1) is 11.6 Å². The van der Waals surface area contributed by atoms with E-state index in [2.05, 4.69) is 59.4 Å². The van der Waals surface area contributed by atoms with Gasteiger partial charge >= 0.3 is 0 Å². The zero-order valence-electron chi connectivity index (χ0n) is 15.9. The van der Waals surface area contributed by atoms with E-state index in [-0.39, 0.29) is 0 Å². The lowest BCUT2D eigenvalue weighted by atomic mass is 10.1. The third-order valence-electron chi connectivity index (χ3n) is 4.38. The molecule has 0 aromatic heterocycles. The van der Waals surface area contributed by atoms with E-state index in [0.717, 1.165) is 32.8 Å². The van der Waals surface area contributed by atoms with Gasteiger partial charge in [-0.1, -0.05) is 48.0 Å². The van der Waals surface area contributed by atoms with E-state index in [1.807, 2.05) is 36.4 Å². The molecule has 0 aliphatic heterocycles. The first kappa shape index (κ1) is 19.3. The van der Waals surface area contributed by atoms with Gasteiger partial charge in [0.15, 0.2) is 11.5 Å². The number of rotatable bonds is 7. The lowest BCUT2D eigenvalue weighted by Gasteiger charge is -2.16. The van der Waals surface area contributed by atoms with Gasteiger partial charge < -0.3 is 14.8 Å². The monoisotopic (exact) mass is 425 g/mol. The molecule has 0 heterocycles. The zero-order chi connectivity index (χ0) is 19.2. The second kappa shape index (κ2) is 8.96. The van der Waals surface area contributed by atoms with Crippen molar-refractivity contribution in [2.24, 2.45) is 0 Å². The third-order valence-corrected chi connectivity index (χ3v) is 4.97. The number of methoxy groups -OCH3 is 1. The van der Waals surface area contributed by atoms with Gasteiger partial charge in [0.25, 0.3) is 0 Å². The van der Waals surface area contributed by atoms with Crippen molar-refractivity contribution in [2.45, 2.75) is 27.0 Å². The summed E-state index contributed by atoms with van der Waals surface area (Å²) in [7, 11) is 1.67. The van der Waals surface area contributed by atoms with E-state index in [1.165, 1.54) is 11.1 Å². The minimum Gasteiger partial charge on any atom is -0.493 e. The first-order valence-corrected chi connectivity index (χ1v) is 9.70. The van der Waals surface area contributed by atoms with Gasteiger partial charge in [-0.2, -0.15) is 0 Å². The van der Waals surface area contributed by atoms with E-state index in [9.17, 15) is 0 Å². The average molecular weight is 426 g/mol. The van der Waals surface area contributed by atoms with Crippen molar-refractivity contribution in [2.75, 3.05) is 12.4 Å². The van der Waals surface area contributed by atoms with Crippen molar-refractivity contribution in [3.63, 3.8) is 0 Å². The van der Waals surface area contributed by atoms with Crippen LogP contribution in [-0.4, -0.2) is 7.11 Å². The lowest BCUT2D eigenvalue weighted by molar-refractivity contribution is 0.282. The smallest absolute Gasteiger partial charge is 0.175 e. The third kappa shape index (κ3) is 5.04. The standard InChI is InChI=1S/C23H24BrNO2/c1-16-9-10-21(17(2)11-16)25-14-19-12-20(24)23(22(13-19)26-3)27-15-18-7-5-4-6-8-18/h4-13,25H,14-15H2,1-3H3. The van der Waals surface area contributed by atoms with E-state index >= 15 is 0 Å². The Morgan fingerprint density at radius 3 is 2.41 bits per heavy atom. The summed E-state index contributed by atoms with van der Waals surface area (Å²) in [5.74, 6) is 1.44. The Bertz CT molecular complexity index is 910. The second-order valence-electron chi connectivity index (χ2n) is 6.56. The molecule has 3 aromatic rings. The summed E-state index contributed by atoms with van der Waals surface area (Å²) in [5, 5.41) is 3.50. The number of halogens is 1. The number of ether oxygens (including phenoxy) is 2. The Morgan fingerprint density at radius 1 is 0.926 bits per heavy atom. The summed E-state index contributed by atoms with van der Waals surface area (Å²) in [4.78, 5) is 0. The van der Waals surface area contributed by atoms with Gasteiger partial charge in [-0.15, -0.1) is 0 Å². The minimum atomic E-state index is 0.496. The van der Waals surface area contributed by atoms with Crippen LogP contribution >= 0.6 is 15.9 Å². The Labute approximate surface area is 169 Å². The van der Waals surface area contributed by atoms with Crippen LogP contribution in [0.2, 0.25) is 0 Å². The summed E-state index contributed by atoms with van der Waals surface area (Å²) < 4.78 is 12.5. The predicted octanol–water partition coefficient (Wildman–Crippen LogP) is 6.27. The molecule has 140 valence electrons. The van der Waals surface area contributed by atoms with Crippen molar-refractivity contribution < 1.29 is 9.47 Å². The van der Waals surface area contributed by atoms with Crippen molar-refractivity contribution >= 4 is 21.6 Å². The first-order valence-electron chi connectivity index (χ1n) is 8.91. The number of nitrogens with one attached hydrogen (secondary N) is 1. The normalized spacial score (nSPS) is 10.5. The molecule has 3 rings (SSSR count). The molecule has 0 radical (unpaired) electrons. The molecule has 0 saturated carbocycles. The predicted molar refractivity (Wildman–Crippen MR) is 115 cm³/mol. The molecule has 0 amide bonds. The van der Waals surface area contributed by atoms with E-state index in [0.29, 0.717) is 13.2 Å². The van der Waals surface area contributed by atoms with E-state index < -0.39 is 0 Å². The molecule has 0 fully saturated rings. The molecule has 0 spiro atoms. The summed E-state index contributed by atoms with van der Waals surface area (Å²) >= 11 is 3.63. The van der Waals surface area contributed by atoms with Gasteiger partial charge in [-0.3, -0.25) is 0 Å². The number of hydrogen-bond acceptors (Lipinski definition) is 3. The fourth-order valence-corrected chi connectivity index (χ4v) is 3.56.